The number of rotatable bonds is 10. The van der Waals surface area contributed by atoms with Crippen LogP contribution >= 0.6 is 0 Å². The maximum atomic E-state index is 12.9. The number of allylic oxidation sites excluding steroid dienone is 2. The molecule has 0 unspecified atom stereocenters. The van der Waals surface area contributed by atoms with E-state index in [1.165, 1.54) is 11.4 Å². The van der Waals surface area contributed by atoms with Gasteiger partial charge in [0.15, 0.2) is 0 Å². The smallest absolute Gasteiger partial charge is 0.204 e. The van der Waals surface area contributed by atoms with Gasteiger partial charge in [-0.2, -0.15) is 0 Å². The number of ketones is 1. The molecule has 192 valence electrons. The predicted molar refractivity (Wildman–Crippen MR) is 155 cm³/mol. The summed E-state index contributed by atoms with van der Waals surface area (Å²) in [5.41, 5.74) is 6.12. The molecule has 1 N–H and O–H groups in total. The molecule has 2 aromatic rings. The molecule has 0 saturated heterocycles. The Hall–Kier alpha value is -3.54. The summed E-state index contributed by atoms with van der Waals surface area (Å²) in [7, 11) is 3.86. The molecule has 0 radical (unpaired) electrons. The van der Waals surface area contributed by atoms with Crippen molar-refractivity contribution in [3.63, 3.8) is 0 Å². The minimum Gasteiger partial charge on any atom is -0.376 e. The Morgan fingerprint density at radius 2 is 1.28 bits per heavy atom. The van der Waals surface area contributed by atoms with E-state index in [9.17, 15) is 4.79 Å². The van der Waals surface area contributed by atoms with Gasteiger partial charge >= 0.3 is 0 Å². The summed E-state index contributed by atoms with van der Waals surface area (Å²) in [4.78, 5) is 24.4. The third-order valence-corrected chi connectivity index (χ3v) is 6.40. The third kappa shape index (κ3) is 6.36. The van der Waals surface area contributed by atoms with Crippen LogP contribution in [0.1, 0.15) is 41.5 Å². The number of carbonyl (C=O) groups is 1. The number of anilines is 3. The molecule has 0 fully saturated rings. The van der Waals surface area contributed by atoms with Crippen LogP contribution < -0.4 is 15.1 Å². The summed E-state index contributed by atoms with van der Waals surface area (Å²) in [6, 6.07) is 17.4. The van der Waals surface area contributed by atoms with Crippen molar-refractivity contribution in [1.82, 2.24) is 4.90 Å². The standard InChI is InChI=1S/C30H41N5O/c1-9-34(21(3)4)25-15-11-23(12-16-25)31-27-19-28(30(36)20-29(27)33(7)8)32-24-13-17-26(18-14-24)35(10-2)22(5)6/h11-22,32H,9-10H2,1-8H3/b31-27+. The molecule has 36 heavy (non-hydrogen) atoms. The first-order valence-electron chi connectivity index (χ1n) is 12.9. The highest BCUT2D eigenvalue weighted by atomic mass is 16.1. The largest absolute Gasteiger partial charge is 0.376 e. The zero-order chi connectivity index (χ0) is 26.4. The van der Waals surface area contributed by atoms with Gasteiger partial charge in [-0.15, -0.1) is 0 Å². The van der Waals surface area contributed by atoms with E-state index in [2.05, 4.69) is 80.9 Å². The lowest BCUT2D eigenvalue weighted by Crippen LogP contribution is -2.30. The van der Waals surface area contributed by atoms with E-state index in [4.69, 9.17) is 4.99 Å². The molecule has 0 spiro atoms. The predicted octanol–water partition coefficient (Wildman–Crippen LogP) is 6.25. The Kier molecular flexibility index (Phi) is 8.97. The number of nitrogens with one attached hydrogen (secondary N) is 1. The molecular weight excluding hydrogens is 446 g/mol. The first-order chi connectivity index (χ1) is 17.1. The number of carbonyl (C=O) groups excluding carboxylic acids is 1. The van der Waals surface area contributed by atoms with Crippen LogP contribution in [-0.4, -0.2) is 55.7 Å². The van der Waals surface area contributed by atoms with Crippen LogP contribution in [0.15, 0.2) is 77.1 Å². The van der Waals surface area contributed by atoms with Gasteiger partial charge in [0.1, 0.15) is 0 Å². The van der Waals surface area contributed by atoms with Crippen molar-refractivity contribution >= 4 is 34.2 Å². The van der Waals surface area contributed by atoms with Gasteiger partial charge in [0.25, 0.3) is 0 Å². The second-order valence-corrected chi connectivity index (χ2v) is 9.79. The minimum atomic E-state index is -0.0649. The number of hydrogen-bond acceptors (Lipinski definition) is 6. The van der Waals surface area contributed by atoms with E-state index < -0.39 is 0 Å². The summed E-state index contributed by atoms with van der Waals surface area (Å²) < 4.78 is 0. The van der Waals surface area contributed by atoms with Crippen LogP contribution in [0.4, 0.5) is 22.7 Å². The van der Waals surface area contributed by atoms with Crippen molar-refractivity contribution in [2.45, 2.75) is 53.6 Å². The monoisotopic (exact) mass is 487 g/mol. The van der Waals surface area contributed by atoms with Gasteiger partial charge in [-0.25, -0.2) is 4.99 Å². The highest BCUT2D eigenvalue weighted by Crippen LogP contribution is 2.26. The summed E-state index contributed by atoms with van der Waals surface area (Å²) in [6.07, 6.45) is 3.50. The topological polar surface area (TPSA) is 51.2 Å². The van der Waals surface area contributed by atoms with E-state index in [1.54, 1.807) is 6.08 Å². The molecule has 0 amide bonds. The fraction of sp³-hybridized carbons (Fsp3) is 0.400. The zero-order valence-electron chi connectivity index (χ0n) is 23.0. The Bertz CT molecular complexity index is 1120. The van der Waals surface area contributed by atoms with Crippen molar-refractivity contribution in [2.24, 2.45) is 4.99 Å². The fourth-order valence-electron chi connectivity index (χ4n) is 4.54. The van der Waals surface area contributed by atoms with Crippen LogP contribution in [0.2, 0.25) is 0 Å². The van der Waals surface area contributed by atoms with Gasteiger partial charge in [0.2, 0.25) is 5.78 Å². The number of nitrogens with zero attached hydrogens (tertiary/aromatic N) is 4. The third-order valence-electron chi connectivity index (χ3n) is 6.40. The molecule has 1 aliphatic carbocycles. The molecule has 0 bridgehead atoms. The lowest BCUT2D eigenvalue weighted by Gasteiger charge is -2.28. The SMILES string of the molecule is CCN(c1ccc(/N=C2\C=C(Nc3ccc(N(CC)C(C)C)cc3)C(=O)C=C2N(C)C)cc1)C(C)C. The Balaban J connectivity index is 1.88. The molecule has 0 aromatic heterocycles. The summed E-state index contributed by atoms with van der Waals surface area (Å²) in [5.74, 6) is -0.0649. The average molecular weight is 488 g/mol. The van der Waals surface area contributed by atoms with E-state index in [0.29, 0.717) is 17.8 Å². The molecule has 3 rings (SSSR count). The van der Waals surface area contributed by atoms with Crippen LogP contribution in [0, 0.1) is 0 Å². The number of aliphatic imine (C=N–C) groups is 1. The van der Waals surface area contributed by atoms with Crippen molar-refractivity contribution in [3.05, 3.63) is 72.1 Å². The van der Waals surface area contributed by atoms with E-state index >= 15 is 0 Å². The normalized spacial score (nSPS) is 14.7. The molecule has 0 atom stereocenters. The van der Waals surface area contributed by atoms with Crippen molar-refractivity contribution in [3.8, 4) is 0 Å². The van der Waals surface area contributed by atoms with Gasteiger partial charge in [-0.05, 0) is 96.1 Å². The maximum Gasteiger partial charge on any atom is 0.204 e. The lowest BCUT2D eigenvalue weighted by atomic mass is 10.0. The highest BCUT2D eigenvalue weighted by Gasteiger charge is 2.21. The summed E-state index contributed by atoms with van der Waals surface area (Å²) in [6.45, 7) is 15.0. The maximum absolute atomic E-state index is 12.9. The highest BCUT2D eigenvalue weighted by molar-refractivity contribution is 6.23. The van der Waals surface area contributed by atoms with Crippen LogP contribution in [0.25, 0.3) is 0 Å². The summed E-state index contributed by atoms with van der Waals surface area (Å²) in [5, 5.41) is 3.31. The van der Waals surface area contributed by atoms with Crippen LogP contribution in [-0.2, 0) is 4.79 Å². The molecule has 0 aliphatic heterocycles. The zero-order valence-corrected chi connectivity index (χ0v) is 23.0. The van der Waals surface area contributed by atoms with Crippen molar-refractivity contribution in [2.75, 3.05) is 42.3 Å². The second kappa shape index (κ2) is 11.9. The molecule has 2 aromatic carbocycles. The number of hydrogen-bond donors (Lipinski definition) is 1. The first-order valence-corrected chi connectivity index (χ1v) is 12.9. The Labute approximate surface area is 217 Å². The fourth-order valence-corrected chi connectivity index (χ4v) is 4.54. The van der Waals surface area contributed by atoms with Gasteiger partial charge in [0.05, 0.1) is 22.8 Å². The minimum absolute atomic E-state index is 0.0649. The molecule has 6 nitrogen and oxygen atoms in total. The molecule has 1 aliphatic rings. The van der Waals surface area contributed by atoms with Gasteiger partial charge in [0, 0.05) is 62.4 Å². The van der Waals surface area contributed by atoms with Crippen LogP contribution in [0.5, 0.6) is 0 Å². The molecule has 0 heterocycles. The van der Waals surface area contributed by atoms with E-state index in [-0.39, 0.29) is 5.78 Å². The average Bonchev–Trinajstić information content (AvgIpc) is 2.83. The van der Waals surface area contributed by atoms with Crippen LogP contribution in [0.3, 0.4) is 0 Å². The first kappa shape index (κ1) is 27.1. The lowest BCUT2D eigenvalue weighted by molar-refractivity contribution is -0.111. The van der Waals surface area contributed by atoms with Crippen molar-refractivity contribution in [1.29, 1.82) is 0 Å². The van der Waals surface area contributed by atoms with Crippen molar-refractivity contribution < 1.29 is 4.79 Å². The Morgan fingerprint density at radius 1 is 0.778 bits per heavy atom. The van der Waals surface area contributed by atoms with E-state index in [0.717, 1.165) is 35.9 Å². The Morgan fingerprint density at radius 3 is 1.72 bits per heavy atom. The van der Waals surface area contributed by atoms with Gasteiger partial charge < -0.3 is 20.0 Å². The number of benzene rings is 2. The molecular formula is C30H41N5O. The van der Waals surface area contributed by atoms with Gasteiger partial charge in [-0.3, -0.25) is 4.79 Å². The molecule has 6 heteroatoms. The van der Waals surface area contributed by atoms with E-state index in [1.807, 2.05) is 49.3 Å². The van der Waals surface area contributed by atoms with Gasteiger partial charge in [-0.1, -0.05) is 0 Å². The molecule has 0 saturated carbocycles. The second-order valence-electron chi connectivity index (χ2n) is 9.79. The quantitative estimate of drug-likeness (QED) is 0.401. The summed E-state index contributed by atoms with van der Waals surface area (Å²) >= 11 is 0.